The second kappa shape index (κ2) is 6.88. The maximum absolute atomic E-state index is 13.5. The van der Waals surface area contributed by atoms with E-state index in [9.17, 15) is 19.7 Å². The van der Waals surface area contributed by atoms with Crippen LogP contribution in [-0.2, 0) is 0 Å². The fraction of sp³-hybridized carbons (Fsp3) is 0.0952. The number of benzene rings is 2. The molecule has 1 aliphatic rings. The van der Waals surface area contributed by atoms with E-state index >= 15 is 0 Å². The van der Waals surface area contributed by atoms with Gasteiger partial charge in [-0.3, -0.25) is 24.6 Å². The summed E-state index contributed by atoms with van der Waals surface area (Å²) >= 11 is 3.34. The Morgan fingerprint density at radius 2 is 1.97 bits per heavy atom. The molecule has 0 saturated carbocycles. The van der Waals surface area contributed by atoms with Gasteiger partial charge in [-0.25, -0.2) is 0 Å². The Labute approximate surface area is 182 Å². The van der Waals surface area contributed by atoms with E-state index in [0.717, 1.165) is 0 Å². The maximum atomic E-state index is 13.5. The van der Waals surface area contributed by atoms with Gasteiger partial charge in [-0.1, -0.05) is 33.2 Å². The zero-order chi connectivity index (χ0) is 21.9. The topological polar surface area (TPSA) is 120 Å². The molecule has 1 aliphatic heterocycles. The van der Waals surface area contributed by atoms with E-state index in [-0.39, 0.29) is 33.8 Å². The summed E-state index contributed by atoms with van der Waals surface area (Å²) in [5.74, 6) is -0.0707. The highest BCUT2D eigenvalue weighted by Crippen LogP contribution is 2.41. The minimum atomic E-state index is -0.966. The van der Waals surface area contributed by atoms with Crippen molar-refractivity contribution in [2.75, 3.05) is 4.90 Å². The molecule has 3 heterocycles. The number of hydrogen-bond donors (Lipinski definition) is 0. The van der Waals surface area contributed by atoms with Crippen molar-refractivity contribution in [2.24, 2.45) is 0 Å². The van der Waals surface area contributed by atoms with Crippen molar-refractivity contribution in [3.63, 3.8) is 0 Å². The molecular weight excluding hydrogens is 470 g/mol. The number of aryl methyl sites for hydroxylation is 1. The molecule has 1 atom stereocenters. The summed E-state index contributed by atoms with van der Waals surface area (Å²) in [6.07, 6.45) is 0. The fourth-order valence-electron chi connectivity index (χ4n) is 3.77. The average Bonchev–Trinajstić information content (AvgIpc) is 3.30. The minimum Gasteiger partial charge on any atom is -0.450 e. The van der Waals surface area contributed by atoms with Gasteiger partial charge in [0.05, 0.1) is 21.9 Å². The average molecular weight is 482 g/mol. The highest BCUT2D eigenvalue weighted by Gasteiger charge is 2.45. The second-order valence-electron chi connectivity index (χ2n) is 7.04. The molecule has 0 bridgehead atoms. The predicted molar refractivity (Wildman–Crippen MR) is 113 cm³/mol. The van der Waals surface area contributed by atoms with Crippen LogP contribution in [0.1, 0.15) is 33.5 Å². The van der Waals surface area contributed by atoms with Gasteiger partial charge in [0, 0.05) is 22.7 Å². The zero-order valence-electron chi connectivity index (χ0n) is 15.9. The Balaban J connectivity index is 1.83. The number of carbonyl (C=O) groups excluding carboxylic acids is 1. The van der Waals surface area contributed by atoms with Crippen molar-refractivity contribution in [1.29, 1.82) is 0 Å². The summed E-state index contributed by atoms with van der Waals surface area (Å²) in [5.41, 5.74) is 0.171. The summed E-state index contributed by atoms with van der Waals surface area (Å²) in [6, 6.07) is 11.3. The van der Waals surface area contributed by atoms with Crippen LogP contribution >= 0.6 is 15.9 Å². The minimum absolute atomic E-state index is 0.0942. The number of hydrogen-bond acceptors (Lipinski definition) is 7. The van der Waals surface area contributed by atoms with Crippen LogP contribution in [0.5, 0.6) is 0 Å². The number of fused-ring (bicyclic) bond motifs is 2. The first-order valence-electron chi connectivity index (χ1n) is 9.12. The SMILES string of the molecule is Cc1cc(N2C(=O)c3oc4ccc(Br)cc4c(=O)c3C2c2cccc([N+](=O)[O-])c2)no1. The van der Waals surface area contributed by atoms with Crippen molar-refractivity contribution >= 4 is 44.3 Å². The lowest BCUT2D eigenvalue weighted by Crippen LogP contribution is -2.29. The van der Waals surface area contributed by atoms with Crippen LogP contribution in [0.2, 0.25) is 0 Å². The number of rotatable bonds is 3. The normalized spacial score (nSPS) is 15.5. The van der Waals surface area contributed by atoms with Gasteiger partial charge in [-0.05, 0) is 30.7 Å². The van der Waals surface area contributed by atoms with Crippen LogP contribution in [0.15, 0.2) is 66.7 Å². The number of carbonyl (C=O) groups is 1. The van der Waals surface area contributed by atoms with Crippen molar-refractivity contribution < 1.29 is 18.7 Å². The molecule has 10 heteroatoms. The Hall–Kier alpha value is -3.79. The first-order valence-corrected chi connectivity index (χ1v) is 9.92. The van der Waals surface area contributed by atoms with E-state index in [2.05, 4.69) is 21.1 Å². The highest BCUT2D eigenvalue weighted by molar-refractivity contribution is 9.10. The molecule has 0 spiro atoms. The standard InChI is InChI=1S/C21H12BrN3O6/c1-10-7-16(23-31-10)24-18(11-3-2-4-13(8-11)25(28)29)17-19(26)14-9-12(22)5-6-15(14)30-20(17)21(24)27/h2-9,18H,1H3. The number of nitro benzene ring substituents is 1. The van der Waals surface area contributed by atoms with Crippen LogP contribution in [0.25, 0.3) is 11.0 Å². The third-order valence-electron chi connectivity index (χ3n) is 5.09. The molecule has 1 unspecified atom stereocenters. The van der Waals surface area contributed by atoms with Gasteiger partial charge in [0.1, 0.15) is 11.3 Å². The number of non-ortho nitro benzene ring substituents is 1. The van der Waals surface area contributed by atoms with Gasteiger partial charge in [-0.2, -0.15) is 0 Å². The van der Waals surface area contributed by atoms with Crippen LogP contribution in [0.3, 0.4) is 0 Å². The quantitative estimate of drug-likeness (QED) is 0.311. The lowest BCUT2D eigenvalue weighted by Gasteiger charge is -2.22. The number of nitro groups is 1. The number of nitrogens with zero attached hydrogens (tertiary/aromatic N) is 3. The van der Waals surface area contributed by atoms with Crippen LogP contribution < -0.4 is 10.3 Å². The Morgan fingerprint density at radius 1 is 1.16 bits per heavy atom. The predicted octanol–water partition coefficient (Wildman–Crippen LogP) is 4.51. The molecule has 0 N–H and O–H groups in total. The number of aromatic nitrogens is 1. The van der Waals surface area contributed by atoms with Crippen molar-refractivity contribution in [3.05, 3.63) is 96.0 Å². The molecule has 0 saturated heterocycles. The highest BCUT2D eigenvalue weighted by atomic mass is 79.9. The van der Waals surface area contributed by atoms with E-state index in [0.29, 0.717) is 15.8 Å². The summed E-state index contributed by atoms with van der Waals surface area (Å²) in [5, 5.41) is 15.5. The van der Waals surface area contributed by atoms with Gasteiger partial charge in [-0.15, -0.1) is 0 Å². The van der Waals surface area contributed by atoms with E-state index in [4.69, 9.17) is 8.94 Å². The first kappa shape index (κ1) is 19.2. The molecule has 2 aromatic carbocycles. The van der Waals surface area contributed by atoms with E-state index in [1.165, 1.54) is 23.1 Å². The van der Waals surface area contributed by atoms with E-state index in [1.807, 2.05) is 0 Å². The lowest BCUT2D eigenvalue weighted by molar-refractivity contribution is -0.384. The van der Waals surface area contributed by atoms with Gasteiger partial charge < -0.3 is 8.94 Å². The maximum Gasteiger partial charge on any atom is 0.296 e. The summed E-state index contributed by atoms with van der Waals surface area (Å²) in [6.45, 7) is 1.67. The number of amides is 1. The molecule has 31 heavy (non-hydrogen) atoms. The van der Waals surface area contributed by atoms with Crippen molar-refractivity contribution in [3.8, 4) is 0 Å². The molecular formula is C21H12BrN3O6. The third kappa shape index (κ3) is 2.95. The summed E-state index contributed by atoms with van der Waals surface area (Å²) in [7, 11) is 0. The molecule has 1 amide bonds. The molecule has 0 aliphatic carbocycles. The van der Waals surface area contributed by atoms with E-state index < -0.39 is 22.3 Å². The van der Waals surface area contributed by atoms with Gasteiger partial charge in [0.2, 0.25) is 5.76 Å². The molecule has 154 valence electrons. The Kier molecular flexibility index (Phi) is 4.26. The second-order valence-corrected chi connectivity index (χ2v) is 7.96. The first-order chi connectivity index (χ1) is 14.8. The van der Waals surface area contributed by atoms with Gasteiger partial charge >= 0.3 is 0 Å². The Bertz CT molecular complexity index is 1460. The Morgan fingerprint density at radius 3 is 2.68 bits per heavy atom. The molecule has 2 aromatic heterocycles. The summed E-state index contributed by atoms with van der Waals surface area (Å²) < 4.78 is 11.6. The molecule has 0 radical (unpaired) electrons. The van der Waals surface area contributed by atoms with Crippen LogP contribution in [0.4, 0.5) is 11.5 Å². The third-order valence-corrected chi connectivity index (χ3v) is 5.58. The van der Waals surface area contributed by atoms with Crippen molar-refractivity contribution in [1.82, 2.24) is 5.16 Å². The number of anilines is 1. The van der Waals surface area contributed by atoms with Gasteiger partial charge in [0.25, 0.3) is 11.6 Å². The molecule has 0 fully saturated rings. The lowest BCUT2D eigenvalue weighted by atomic mass is 9.98. The summed E-state index contributed by atoms with van der Waals surface area (Å²) in [4.78, 5) is 38.9. The van der Waals surface area contributed by atoms with Gasteiger partial charge in [0.15, 0.2) is 11.2 Å². The largest absolute Gasteiger partial charge is 0.450 e. The smallest absolute Gasteiger partial charge is 0.296 e. The van der Waals surface area contributed by atoms with Crippen LogP contribution in [-0.4, -0.2) is 16.0 Å². The molecule has 5 rings (SSSR count). The monoisotopic (exact) mass is 481 g/mol. The zero-order valence-corrected chi connectivity index (χ0v) is 17.5. The fourth-order valence-corrected chi connectivity index (χ4v) is 4.13. The molecule has 4 aromatic rings. The van der Waals surface area contributed by atoms with E-state index in [1.54, 1.807) is 37.3 Å². The number of halogens is 1. The van der Waals surface area contributed by atoms with Crippen molar-refractivity contribution in [2.45, 2.75) is 13.0 Å². The van der Waals surface area contributed by atoms with Crippen LogP contribution in [0, 0.1) is 17.0 Å². The molecule has 9 nitrogen and oxygen atoms in total.